The number of rotatable bonds is 3. The molecule has 4 nitrogen and oxygen atoms in total. The van der Waals surface area contributed by atoms with Gasteiger partial charge in [-0.2, -0.15) is 5.26 Å². The summed E-state index contributed by atoms with van der Waals surface area (Å²) in [5, 5.41) is 9.16. The fourth-order valence-electron chi connectivity index (χ4n) is 3.25. The van der Waals surface area contributed by atoms with Crippen LogP contribution in [0.1, 0.15) is 29.7 Å². The maximum atomic E-state index is 9.16. The quantitative estimate of drug-likeness (QED) is 0.710. The molecule has 4 heteroatoms. The van der Waals surface area contributed by atoms with E-state index in [0.29, 0.717) is 5.56 Å². The number of aliphatic imine (C=N–C) groups is 1. The standard InChI is InChI=1S/C22H18N4/c23-15-17-5-1-8-20(13-17)26-12-4-9-21(26)14-18-6-3-11-25-22(18)19-7-2-10-24-16-19/h1-2,4-5,7-10,12-14,16H,3,6,11H2. The molecular weight excluding hydrogens is 320 g/mol. The number of allylic oxidation sites excluding steroid dienone is 1. The fraction of sp³-hybridized carbons (Fsp3) is 0.136. The molecular formula is C22H18N4. The molecule has 26 heavy (non-hydrogen) atoms. The number of hydrogen-bond acceptors (Lipinski definition) is 3. The topological polar surface area (TPSA) is 54.0 Å². The normalized spacial score (nSPS) is 15.5. The minimum absolute atomic E-state index is 0.657. The number of pyridine rings is 1. The number of nitrogens with zero attached hydrogens (tertiary/aromatic N) is 4. The van der Waals surface area contributed by atoms with Crippen molar-refractivity contribution in [2.75, 3.05) is 6.54 Å². The van der Waals surface area contributed by atoms with Crippen LogP contribution in [0, 0.1) is 11.3 Å². The second kappa shape index (κ2) is 7.20. The third-order valence-corrected chi connectivity index (χ3v) is 4.47. The van der Waals surface area contributed by atoms with Gasteiger partial charge in [-0.3, -0.25) is 9.98 Å². The zero-order chi connectivity index (χ0) is 17.8. The van der Waals surface area contributed by atoms with Crippen molar-refractivity contribution in [1.29, 1.82) is 5.26 Å². The summed E-state index contributed by atoms with van der Waals surface area (Å²) in [4.78, 5) is 8.98. The Labute approximate surface area is 152 Å². The molecule has 1 aromatic carbocycles. The molecule has 0 unspecified atom stereocenters. The molecule has 0 atom stereocenters. The van der Waals surface area contributed by atoms with Crippen molar-refractivity contribution in [3.8, 4) is 11.8 Å². The van der Waals surface area contributed by atoms with Crippen LogP contribution in [0.2, 0.25) is 0 Å². The first-order valence-electron chi connectivity index (χ1n) is 8.69. The van der Waals surface area contributed by atoms with E-state index in [4.69, 9.17) is 10.3 Å². The SMILES string of the molecule is N#Cc1cccc(-n2cccc2C=C2CCCN=C2c2cccnc2)c1. The van der Waals surface area contributed by atoms with E-state index in [1.165, 1.54) is 5.57 Å². The van der Waals surface area contributed by atoms with Crippen molar-refractivity contribution >= 4 is 11.8 Å². The van der Waals surface area contributed by atoms with Gasteiger partial charge in [-0.1, -0.05) is 6.07 Å². The Bertz CT molecular complexity index is 1020. The summed E-state index contributed by atoms with van der Waals surface area (Å²) in [6.45, 7) is 0.854. The molecule has 0 radical (unpaired) electrons. The van der Waals surface area contributed by atoms with Gasteiger partial charge in [-0.05, 0) is 67.0 Å². The first-order valence-corrected chi connectivity index (χ1v) is 8.69. The number of hydrogen-bond donors (Lipinski definition) is 0. The molecule has 0 spiro atoms. The number of benzene rings is 1. The van der Waals surface area contributed by atoms with Gasteiger partial charge in [-0.15, -0.1) is 0 Å². The smallest absolute Gasteiger partial charge is 0.0992 e. The summed E-state index contributed by atoms with van der Waals surface area (Å²) in [5.74, 6) is 0. The summed E-state index contributed by atoms with van der Waals surface area (Å²) in [6.07, 6.45) is 9.92. The molecule has 0 saturated carbocycles. The van der Waals surface area contributed by atoms with Gasteiger partial charge in [0.15, 0.2) is 0 Å². The fourth-order valence-corrected chi connectivity index (χ4v) is 3.25. The minimum Gasteiger partial charge on any atom is -0.317 e. The summed E-state index contributed by atoms with van der Waals surface area (Å²) < 4.78 is 2.10. The van der Waals surface area contributed by atoms with Gasteiger partial charge in [0.25, 0.3) is 0 Å². The zero-order valence-electron chi connectivity index (χ0n) is 14.3. The highest BCUT2D eigenvalue weighted by Crippen LogP contribution is 2.23. The van der Waals surface area contributed by atoms with Crippen LogP contribution in [0.25, 0.3) is 11.8 Å². The molecule has 0 aliphatic carbocycles. The lowest BCUT2D eigenvalue weighted by molar-refractivity contribution is 0.817. The molecule has 0 fully saturated rings. The minimum atomic E-state index is 0.657. The Morgan fingerprint density at radius 3 is 2.92 bits per heavy atom. The van der Waals surface area contributed by atoms with Gasteiger partial charge in [-0.25, -0.2) is 0 Å². The van der Waals surface area contributed by atoms with Crippen LogP contribution in [0.3, 0.4) is 0 Å². The van der Waals surface area contributed by atoms with Crippen LogP contribution in [-0.4, -0.2) is 21.8 Å². The van der Waals surface area contributed by atoms with E-state index in [2.05, 4.69) is 33.8 Å². The van der Waals surface area contributed by atoms with Crippen LogP contribution in [-0.2, 0) is 0 Å². The highest BCUT2D eigenvalue weighted by Gasteiger charge is 2.15. The Morgan fingerprint density at radius 1 is 1.12 bits per heavy atom. The monoisotopic (exact) mass is 338 g/mol. The van der Waals surface area contributed by atoms with E-state index in [-0.39, 0.29) is 0 Å². The second-order valence-electron chi connectivity index (χ2n) is 6.21. The summed E-state index contributed by atoms with van der Waals surface area (Å²) in [5.41, 5.74) is 6.03. The molecule has 4 rings (SSSR count). The van der Waals surface area contributed by atoms with Gasteiger partial charge < -0.3 is 4.57 Å². The summed E-state index contributed by atoms with van der Waals surface area (Å²) in [7, 11) is 0. The molecule has 0 bridgehead atoms. The Morgan fingerprint density at radius 2 is 2.08 bits per heavy atom. The third-order valence-electron chi connectivity index (χ3n) is 4.47. The molecule has 1 aliphatic heterocycles. The van der Waals surface area contributed by atoms with E-state index in [1.54, 1.807) is 6.20 Å². The zero-order valence-corrected chi connectivity index (χ0v) is 14.3. The van der Waals surface area contributed by atoms with Crippen LogP contribution in [0.4, 0.5) is 0 Å². The predicted octanol–water partition coefficient (Wildman–Crippen LogP) is 4.41. The average molecular weight is 338 g/mol. The van der Waals surface area contributed by atoms with Gasteiger partial charge in [0.2, 0.25) is 0 Å². The molecule has 2 aromatic heterocycles. The van der Waals surface area contributed by atoms with Crippen molar-refractivity contribution in [2.45, 2.75) is 12.8 Å². The lowest BCUT2D eigenvalue weighted by Crippen LogP contribution is -2.12. The maximum Gasteiger partial charge on any atom is 0.0992 e. The molecule has 0 N–H and O–H groups in total. The van der Waals surface area contributed by atoms with Crippen molar-refractivity contribution in [3.05, 3.63) is 89.5 Å². The Hall–Kier alpha value is -3.45. The molecule has 126 valence electrons. The molecule has 3 heterocycles. The summed E-state index contributed by atoms with van der Waals surface area (Å²) in [6, 6.07) is 18.0. The van der Waals surface area contributed by atoms with Crippen LogP contribution in [0.15, 0.2) is 77.7 Å². The van der Waals surface area contributed by atoms with E-state index in [9.17, 15) is 0 Å². The largest absolute Gasteiger partial charge is 0.317 e. The van der Waals surface area contributed by atoms with Gasteiger partial charge in [0.1, 0.15) is 0 Å². The van der Waals surface area contributed by atoms with Crippen molar-refractivity contribution < 1.29 is 0 Å². The Kier molecular flexibility index (Phi) is 4.44. The first-order chi connectivity index (χ1) is 12.8. The molecule has 3 aromatic rings. The van der Waals surface area contributed by atoms with Gasteiger partial charge in [0, 0.05) is 42.1 Å². The molecule has 0 saturated heterocycles. The van der Waals surface area contributed by atoms with E-state index < -0.39 is 0 Å². The van der Waals surface area contributed by atoms with Crippen molar-refractivity contribution in [3.63, 3.8) is 0 Å². The van der Waals surface area contributed by atoms with Crippen LogP contribution >= 0.6 is 0 Å². The highest BCUT2D eigenvalue weighted by molar-refractivity contribution is 6.15. The van der Waals surface area contributed by atoms with E-state index in [0.717, 1.165) is 42.0 Å². The Balaban J connectivity index is 1.75. The van der Waals surface area contributed by atoms with Crippen LogP contribution in [0.5, 0.6) is 0 Å². The summed E-state index contributed by atoms with van der Waals surface area (Å²) >= 11 is 0. The molecule has 1 aliphatic rings. The lowest BCUT2D eigenvalue weighted by Gasteiger charge is -2.17. The van der Waals surface area contributed by atoms with E-state index >= 15 is 0 Å². The third kappa shape index (κ3) is 3.20. The van der Waals surface area contributed by atoms with Crippen LogP contribution < -0.4 is 0 Å². The van der Waals surface area contributed by atoms with Gasteiger partial charge >= 0.3 is 0 Å². The number of nitriles is 1. The lowest BCUT2D eigenvalue weighted by atomic mass is 9.96. The average Bonchev–Trinajstić information content (AvgIpc) is 3.17. The highest BCUT2D eigenvalue weighted by atomic mass is 15.0. The first kappa shape index (κ1) is 16.0. The number of aromatic nitrogens is 2. The van der Waals surface area contributed by atoms with Crippen molar-refractivity contribution in [2.24, 2.45) is 4.99 Å². The molecule has 0 amide bonds. The van der Waals surface area contributed by atoms with Crippen molar-refractivity contribution in [1.82, 2.24) is 9.55 Å². The van der Waals surface area contributed by atoms with E-state index in [1.807, 2.05) is 48.8 Å². The van der Waals surface area contributed by atoms with Gasteiger partial charge in [0.05, 0.1) is 17.3 Å². The maximum absolute atomic E-state index is 9.16. The second-order valence-corrected chi connectivity index (χ2v) is 6.21. The predicted molar refractivity (Wildman–Crippen MR) is 103 cm³/mol.